The zero-order valence-electron chi connectivity index (χ0n) is 45.8. The number of primary amides is 1. The van der Waals surface area contributed by atoms with Crippen LogP contribution in [0.4, 0.5) is 0 Å². The number of hydrogen-bond donors (Lipinski definition) is 16. The van der Waals surface area contributed by atoms with Crippen LogP contribution in [-0.4, -0.2) is 194 Å². The van der Waals surface area contributed by atoms with Crippen LogP contribution in [0.3, 0.4) is 0 Å². The number of carboxylic acids is 2. The molecule has 2 aromatic carbocycles. The Labute approximate surface area is 471 Å². The van der Waals surface area contributed by atoms with Crippen molar-refractivity contribution in [3.8, 4) is 5.75 Å². The number of nitrogens with two attached hydrogens (primary N) is 2. The van der Waals surface area contributed by atoms with E-state index in [1.165, 1.54) is 24.0 Å². The highest BCUT2D eigenvalue weighted by Crippen LogP contribution is 2.21. The maximum Gasteiger partial charge on any atom is 0.326 e. The molecule has 0 aromatic heterocycles. The summed E-state index contributed by atoms with van der Waals surface area (Å²) in [6.45, 7) is 4.90. The fourth-order valence-corrected chi connectivity index (χ4v) is 8.24. The van der Waals surface area contributed by atoms with E-state index in [9.17, 15) is 87.9 Å². The van der Waals surface area contributed by atoms with Crippen molar-refractivity contribution >= 4 is 76.9 Å². The van der Waals surface area contributed by atoms with Gasteiger partial charge in [0.25, 0.3) is 0 Å². The zero-order valence-corrected chi connectivity index (χ0v) is 45.8. The SMILES string of the molecule is CC(C)[C@H](NC(=O)[C@@H](N)Cc1ccc(O)cc1)C(=O)N1CCC[C@H]1C(=O)N[C@H](C(=O)N[C@@H](CC(N)=O)C(=O)N[C@@H](C)C(=O)NCC(=O)N[C@@H](CO)C(=O)N[C@@H](CCC(=O)O)C(=O)N[C@@H](C)C(=O)N[C@@H](Cc1ccccc1)C(=O)O)[C@@H](C)O. The van der Waals surface area contributed by atoms with Gasteiger partial charge in [0, 0.05) is 19.4 Å². The lowest BCUT2D eigenvalue weighted by Crippen LogP contribution is -2.61. The number of nitrogens with one attached hydrogen (secondary N) is 9. The van der Waals surface area contributed by atoms with E-state index in [0.717, 1.165) is 13.8 Å². The molecule has 0 unspecified atom stereocenters. The largest absolute Gasteiger partial charge is 0.508 e. The summed E-state index contributed by atoms with van der Waals surface area (Å²) in [4.78, 5) is 170. The lowest BCUT2D eigenvalue weighted by atomic mass is 10.00. The molecule has 1 fully saturated rings. The third-order valence-electron chi connectivity index (χ3n) is 12.8. The first-order chi connectivity index (χ1) is 38.5. The van der Waals surface area contributed by atoms with Gasteiger partial charge in [-0.25, -0.2) is 4.79 Å². The van der Waals surface area contributed by atoms with Crippen LogP contribution in [0.15, 0.2) is 54.6 Å². The highest BCUT2D eigenvalue weighted by atomic mass is 16.4. The Hall–Kier alpha value is -8.77. The van der Waals surface area contributed by atoms with Gasteiger partial charge in [0.15, 0.2) is 0 Å². The summed E-state index contributed by atoms with van der Waals surface area (Å²) in [7, 11) is 0. The van der Waals surface area contributed by atoms with E-state index in [1.54, 1.807) is 56.3 Å². The van der Waals surface area contributed by atoms with E-state index >= 15 is 0 Å². The van der Waals surface area contributed by atoms with Gasteiger partial charge in [0.1, 0.15) is 60.1 Å². The highest BCUT2D eigenvalue weighted by Gasteiger charge is 2.41. The topological polar surface area (TPSA) is 487 Å². The predicted octanol–water partition coefficient (Wildman–Crippen LogP) is -5.62. The molecular formula is C52H74N12O18. The van der Waals surface area contributed by atoms with Gasteiger partial charge in [-0.15, -0.1) is 0 Å². The number of aliphatic hydroxyl groups is 2. The van der Waals surface area contributed by atoms with E-state index in [-0.39, 0.29) is 31.6 Å². The zero-order chi connectivity index (χ0) is 61.5. The van der Waals surface area contributed by atoms with Crippen LogP contribution in [0.25, 0.3) is 0 Å². The Morgan fingerprint density at radius 2 is 1.18 bits per heavy atom. The quantitative estimate of drug-likeness (QED) is 0.0325. The minimum absolute atomic E-state index is 0.0193. The number of nitrogens with zero attached hydrogens (tertiary/aromatic N) is 1. The van der Waals surface area contributed by atoms with E-state index in [0.29, 0.717) is 17.5 Å². The average molecular weight is 1160 g/mol. The number of likely N-dealkylation sites (tertiary alicyclic amines) is 1. The number of carbonyl (C=O) groups excluding carboxylic acids is 11. The molecule has 1 heterocycles. The van der Waals surface area contributed by atoms with Gasteiger partial charge in [0.05, 0.1) is 31.7 Å². The van der Waals surface area contributed by atoms with Crippen LogP contribution in [-0.2, 0) is 75.2 Å². The third kappa shape index (κ3) is 21.7. The number of carbonyl (C=O) groups is 13. The molecule has 82 heavy (non-hydrogen) atoms. The van der Waals surface area contributed by atoms with Crippen molar-refractivity contribution in [2.24, 2.45) is 17.4 Å². The summed E-state index contributed by atoms with van der Waals surface area (Å²) in [6, 6.07) is -0.455. The number of amides is 11. The van der Waals surface area contributed by atoms with Crippen molar-refractivity contribution in [3.63, 3.8) is 0 Å². The molecule has 2 aromatic rings. The second-order valence-electron chi connectivity index (χ2n) is 19.9. The lowest BCUT2D eigenvalue weighted by molar-refractivity contribution is -0.143. The molecule has 0 bridgehead atoms. The van der Waals surface area contributed by atoms with Crippen LogP contribution in [0.2, 0.25) is 0 Å². The molecule has 30 heteroatoms. The molecule has 11 atom stereocenters. The first kappa shape index (κ1) is 67.5. The van der Waals surface area contributed by atoms with E-state index in [2.05, 4.69) is 47.9 Å². The number of aliphatic carboxylic acids is 2. The maximum atomic E-state index is 13.9. The predicted molar refractivity (Wildman–Crippen MR) is 286 cm³/mol. The summed E-state index contributed by atoms with van der Waals surface area (Å²) in [5.74, 6) is -14.2. The molecule has 0 spiro atoms. The van der Waals surface area contributed by atoms with Gasteiger partial charge in [-0.2, -0.15) is 0 Å². The molecule has 1 aliphatic rings. The fourth-order valence-electron chi connectivity index (χ4n) is 8.24. The first-order valence-corrected chi connectivity index (χ1v) is 26.1. The van der Waals surface area contributed by atoms with Crippen molar-refractivity contribution in [1.82, 2.24) is 52.8 Å². The molecular weight excluding hydrogens is 1080 g/mol. The van der Waals surface area contributed by atoms with Crippen LogP contribution in [0, 0.1) is 5.92 Å². The van der Waals surface area contributed by atoms with Crippen molar-refractivity contribution in [2.45, 2.75) is 146 Å². The standard InChI is InChI=1S/C52H74N12O18/c1-25(2)41(62-45(74)32(53)20-30-13-15-31(67)16-14-30)51(80)64-19-9-12-37(64)49(78)63-42(28(5)66)50(79)60-34(22-38(54)68)47(76)56-26(3)43(72)55-23-39(69)58-36(24-65)48(77)59-33(17-18-40(70)71)46(75)57-27(4)44(73)61-35(52(81)82)21-29-10-7-6-8-11-29/h6-8,10-11,13-16,25-28,32-37,41-42,65-67H,9,12,17-24,53H2,1-5H3,(H2,54,68)(H,55,72)(H,56,76)(H,57,75)(H,58,69)(H,59,77)(H,60,79)(H,61,73)(H,62,74)(H,63,78)(H,70,71)(H,81,82)/t26-,27-,28+,32-,33-,34-,35-,36-,37-,41-,42-/m0/s1. The number of phenolic OH excluding ortho intramolecular Hbond substituents is 1. The number of hydrogen-bond acceptors (Lipinski definition) is 17. The van der Waals surface area contributed by atoms with Gasteiger partial charge < -0.3 is 89.8 Å². The van der Waals surface area contributed by atoms with E-state index < -0.39 is 182 Å². The summed E-state index contributed by atoms with van der Waals surface area (Å²) >= 11 is 0. The molecule has 11 amide bonds. The van der Waals surface area contributed by atoms with Crippen molar-refractivity contribution in [1.29, 1.82) is 0 Å². The molecule has 1 aliphatic heterocycles. The van der Waals surface area contributed by atoms with Crippen LogP contribution in [0.5, 0.6) is 5.75 Å². The van der Waals surface area contributed by atoms with Gasteiger partial charge in [-0.05, 0) is 75.6 Å². The first-order valence-electron chi connectivity index (χ1n) is 26.1. The number of phenols is 1. The lowest BCUT2D eigenvalue weighted by Gasteiger charge is -2.32. The van der Waals surface area contributed by atoms with Gasteiger partial charge in [-0.1, -0.05) is 56.3 Å². The van der Waals surface area contributed by atoms with Gasteiger partial charge in [0.2, 0.25) is 65.0 Å². The van der Waals surface area contributed by atoms with E-state index in [4.69, 9.17) is 11.5 Å². The number of benzene rings is 2. The third-order valence-corrected chi connectivity index (χ3v) is 12.8. The number of carboxylic acid groups (broad SMARTS) is 2. The Bertz CT molecular complexity index is 2620. The molecule has 30 nitrogen and oxygen atoms in total. The van der Waals surface area contributed by atoms with Gasteiger partial charge in [-0.3, -0.25) is 57.5 Å². The number of aliphatic hydroxyl groups excluding tert-OH is 2. The number of rotatable bonds is 32. The molecule has 0 saturated carbocycles. The Balaban J connectivity index is 1.59. The second-order valence-corrected chi connectivity index (χ2v) is 19.9. The van der Waals surface area contributed by atoms with Crippen LogP contribution >= 0.6 is 0 Å². The summed E-state index contributed by atoms with van der Waals surface area (Å²) in [5, 5.41) is 69.6. The molecule has 0 radical (unpaired) electrons. The van der Waals surface area contributed by atoms with Crippen LogP contribution < -0.4 is 59.3 Å². The smallest absolute Gasteiger partial charge is 0.326 e. The normalized spacial score (nSPS) is 16.5. The van der Waals surface area contributed by atoms with Crippen molar-refractivity contribution in [3.05, 3.63) is 65.7 Å². The summed E-state index contributed by atoms with van der Waals surface area (Å²) in [5.41, 5.74) is 12.7. The van der Waals surface area contributed by atoms with Crippen molar-refractivity contribution in [2.75, 3.05) is 19.7 Å². The van der Waals surface area contributed by atoms with Crippen LogP contribution in [0.1, 0.15) is 77.8 Å². The Morgan fingerprint density at radius 3 is 1.74 bits per heavy atom. The molecule has 0 aliphatic carbocycles. The Kier molecular flexibility index (Phi) is 26.7. The van der Waals surface area contributed by atoms with Gasteiger partial charge >= 0.3 is 11.9 Å². The maximum absolute atomic E-state index is 13.9. The summed E-state index contributed by atoms with van der Waals surface area (Å²) < 4.78 is 0. The second kappa shape index (κ2) is 32.5. The average Bonchev–Trinajstić information content (AvgIpc) is 4.00. The van der Waals surface area contributed by atoms with E-state index in [1.807, 2.05) is 0 Å². The monoisotopic (exact) mass is 1150 g/mol. The minimum Gasteiger partial charge on any atom is -0.508 e. The molecule has 3 rings (SSSR count). The highest BCUT2D eigenvalue weighted by molar-refractivity contribution is 5.99. The molecule has 18 N–H and O–H groups in total. The molecule has 450 valence electrons. The minimum atomic E-state index is -1.82. The molecule has 1 saturated heterocycles. The fraction of sp³-hybridized carbons (Fsp3) is 0.519. The number of aromatic hydroxyl groups is 1. The Morgan fingerprint density at radius 1 is 0.622 bits per heavy atom. The van der Waals surface area contributed by atoms with Crippen molar-refractivity contribution < 1.29 is 87.9 Å². The summed E-state index contributed by atoms with van der Waals surface area (Å²) in [6.07, 6.45) is -3.29.